The predicted octanol–water partition coefficient (Wildman–Crippen LogP) is 4.40. The zero-order chi connectivity index (χ0) is 20.1. The Morgan fingerprint density at radius 2 is 1.93 bits per heavy atom. The van der Waals surface area contributed by atoms with Crippen molar-refractivity contribution < 1.29 is 4.79 Å². The molecule has 28 heavy (non-hydrogen) atoms. The topological polar surface area (TPSA) is 64.0 Å². The van der Waals surface area contributed by atoms with Crippen molar-refractivity contribution in [2.75, 3.05) is 11.1 Å². The van der Waals surface area contributed by atoms with E-state index in [-0.39, 0.29) is 17.2 Å². The summed E-state index contributed by atoms with van der Waals surface area (Å²) in [5, 5.41) is 3.16. The van der Waals surface area contributed by atoms with Crippen LogP contribution in [0.15, 0.2) is 70.7 Å². The van der Waals surface area contributed by atoms with Gasteiger partial charge < -0.3 is 5.32 Å². The molecule has 0 aliphatic rings. The van der Waals surface area contributed by atoms with Crippen LogP contribution in [0.5, 0.6) is 0 Å². The van der Waals surface area contributed by atoms with Gasteiger partial charge >= 0.3 is 0 Å². The van der Waals surface area contributed by atoms with Crippen molar-refractivity contribution in [3.8, 4) is 5.69 Å². The number of thioether (sulfide) groups is 1. The zero-order valence-electron chi connectivity index (χ0n) is 16.2. The van der Waals surface area contributed by atoms with Crippen molar-refractivity contribution >= 4 is 23.4 Å². The molecule has 0 unspecified atom stereocenters. The lowest BCUT2D eigenvalue weighted by atomic mass is 10.0. The molecule has 0 aliphatic heterocycles. The first-order valence-electron chi connectivity index (χ1n) is 9.11. The third-order valence-corrected chi connectivity index (χ3v) is 5.25. The molecule has 1 N–H and O–H groups in total. The number of carbonyl (C=O) groups is 1. The van der Waals surface area contributed by atoms with Crippen molar-refractivity contribution in [1.29, 1.82) is 0 Å². The highest BCUT2D eigenvalue weighted by molar-refractivity contribution is 7.99. The van der Waals surface area contributed by atoms with Crippen molar-refractivity contribution in [1.82, 2.24) is 9.55 Å². The molecule has 5 nitrogen and oxygen atoms in total. The molecule has 0 saturated carbocycles. The average molecular weight is 394 g/mol. The summed E-state index contributed by atoms with van der Waals surface area (Å²) in [4.78, 5) is 29.1. The molecule has 0 fully saturated rings. The molecule has 1 aromatic heterocycles. The maximum absolute atomic E-state index is 12.7. The number of hydrogen-bond acceptors (Lipinski definition) is 4. The van der Waals surface area contributed by atoms with Gasteiger partial charge in [0.05, 0.1) is 5.75 Å². The fraction of sp³-hybridized carbons (Fsp3) is 0.227. The van der Waals surface area contributed by atoms with E-state index in [4.69, 9.17) is 0 Å². The van der Waals surface area contributed by atoms with Gasteiger partial charge in [0.2, 0.25) is 5.91 Å². The third-order valence-electron chi connectivity index (χ3n) is 4.29. The Labute approximate surface area is 168 Å². The summed E-state index contributed by atoms with van der Waals surface area (Å²) in [6.45, 7) is 6.23. The number of benzene rings is 2. The maximum atomic E-state index is 12.7. The SMILES string of the molecule is Cc1cccc(-n2ccnc(SCC(=O)Nc3ccc(C(C)C)cc3)c2=O)c1. The van der Waals surface area contributed by atoms with Crippen LogP contribution in [0.25, 0.3) is 5.69 Å². The van der Waals surface area contributed by atoms with Crippen molar-refractivity contribution in [3.05, 3.63) is 82.4 Å². The molecule has 3 aromatic rings. The second-order valence-corrected chi connectivity index (χ2v) is 7.82. The second-order valence-electron chi connectivity index (χ2n) is 6.86. The van der Waals surface area contributed by atoms with E-state index in [0.29, 0.717) is 10.9 Å². The molecule has 0 bridgehead atoms. The Kier molecular flexibility index (Phi) is 6.31. The summed E-state index contributed by atoms with van der Waals surface area (Å²) in [6.07, 6.45) is 3.21. The number of carbonyl (C=O) groups excluding carboxylic acids is 1. The molecule has 2 aromatic carbocycles. The standard InChI is InChI=1S/C22H23N3O2S/c1-15(2)17-7-9-18(10-8-17)24-20(26)14-28-21-22(27)25(12-11-23-21)19-6-4-5-16(3)13-19/h4-13,15H,14H2,1-3H3,(H,24,26). The molecular formula is C22H23N3O2S. The number of aromatic nitrogens is 2. The summed E-state index contributed by atoms with van der Waals surface area (Å²) < 4.78 is 1.55. The van der Waals surface area contributed by atoms with Crippen LogP contribution in [-0.2, 0) is 4.79 Å². The highest BCUT2D eigenvalue weighted by Crippen LogP contribution is 2.18. The normalized spacial score (nSPS) is 10.9. The van der Waals surface area contributed by atoms with E-state index in [1.165, 1.54) is 5.56 Å². The van der Waals surface area contributed by atoms with E-state index >= 15 is 0 Å². The smallest absolute Gasteiger partial charge is 0.287 e. The summed E-state index contributed by atoms with van der Waals surface area (Å²) in [5.41, 5.74) is 3.58. The molecule has 0 atom stereocenters. The van der Waals surface area contributed by atoms with Crippen LogP contribution in [0, 0.1) is 6.92 Å². The second kappa shape index (κ2) is 8.89. The first kappa shape index (κ1) is 19.9. The fourth-order valence-corrected chi connectivity index (χ4v) is 3.45. The maximum Gasteiger partial charge on any atom is 0.287 e. The van der Waals surface area contributed by atoms with Gasteiger partial charge in [-0.25, -0.2) is 4.98 Å². The van der Waals surface area contributed by atoms with Crippen LogP contribution >= 0.6 is 11.8 Å². The van der Waals surface area contributed by atoms with Crippen LogP contribution in [-0.4, -0.2) is 21.2 Å². The van der Waals surface area contributed by atoms with Gasteiger partial charge in [0.1, 0.15) is 0 Å². The van der Waals surface area contributed by atoms with Gasteiger partial charge in [-0.2, -0.15) is 0 Å². The average Bonchev–Trinajstić information content (AvgIpc) is 2.67. The number of aryl methyl sites for hydroxylation is 1. The van der Waals surface area contributed by atoms with Crippen LogP contribution < -0.4 is 10.9 Å². The quantitative estimate of drug-likeness (QED) is 0.631. The molecule has 1 amide bonds. The minimum absolute atomic E-state index is 0.117. The van der Waals surface area contributed by atoms with Crippen LogP contribution in [0.3, 0.4) is 0 Å². The van der Waals surface area contributed by atoms with Gasteiger partial charge in [-0.1, -0.05) is 49.9 Å². The van der Waals surface area contributed by atoms with Gasteiger partial charge in [-0.3, -0.25) is 14.2 Å². The lowest BCUT2D eigenvalue weighted by molar-refractivity contribution is -0.113. The molecule has 144 valence electrons. The molecule has 1 heterocycles. The van der Waals surface area contributed by atoms with E-state index in [0.717, 1.165) is 28.7 Å². The largest absolute Gasteiger partial charge is 0.325 e. The van der Waals surface area contributed by atoms with E-state index in [1.54, 1.807) is 17.0 Å². The third kappa shape index (κ3) is 4.89. The van der Waals surface area contributed by atoms with Crippen LogP contribution in [0.2, 0.25) is 0 Å². The minimum atomic E-state index is -0.229. The summed E-state index contributed by atoms with van der Waals surface area (Å²) in [6, 6.07) is 15.5. The number of rotatable bonds is 6. The Morgan fingerprint density at radius 3 is 2.61 bits per heavy atom. The Bertz CT molecular complexity index is 1030. The molecule has 3 rings (SSSR count). The van der Waals surface area contributed by atoms with E-state index in [2.05, 4.69) is 24.1 Å². The van der Waals surface area contributed by atoms with Gasteiger partial charge in [-0.15, -0.1) is 0 Å². The van der Waals surface area contributed by atoms with Crippen LogP contribution in [0.1, 0.15) is 30.9 Å². The molecule has 0 spiro atoms. The number of hydrogen-bond donors (Lipinski definition) is 1. The first-order valence-corrected chi connectivity index (χ1v) is 10.1. The van der Waals surface area contributed by atoms with Crippen LogP contribution in [0.4, 0.5) is 5.69 Å². The van der Waals surface area contributed by atoms with Gasteiger partial charge in [0.25, 0.3) is 5.56 Å². The number of amides is 1. The van der Waals surface area contributed by atoms with E-state index in [9.17, 15) is 9.59 Å². The molecule has 6 heteroatoms. The summed E-state index contributed by atoms with van der Waals surface area (Å²) >= 11 is 1.14. The lowest BCUT2D eigenvalue weighted by Crippen LogP contribution is -2.22. The van der Waals surface area contributed by atoms with Gasteiger partial charge in [0.15, 0.2) is 5.03 Å². The number of nitrogens with zero attached hydrogens (tertiary/aromatic N) is 2. The van der Waals surface area contributed by atoms with Gasteiger partial charge in [-0.05, 0) is 48.2 Å². The molecule has 0 radical (unpaired) electrons. The first-order chi connectivity index (χ1) is 13.4. The predicted molar refractivity (Wildman–Crippen MR) is 114 cm³/mol. The van der Waals surface area contributed by atoms with Crippen molar-refractivity contribution in [3.63, 3.8) is 0 Å². The van der Waals surface area contributed by atoms with Gasteiger partial charge in [0, 0.05) is 23.8 Å². The molecule has 0 aliphatic carbocycles. The zero-order valence-corrected chi connectivity index (χ0v) is 17.0. The summed E-state index contributed by atoms with van der Waals surface area (Å²) in [7, 11) is 0. The number of nitrogens with one attached hydrogen (secondary N) is 1. The van der Waals surface area contributed by atoms with E-state index < -0.39 is 0 Å². The minimum Gasteiger partial charge on any atom is -0.325 e. The summed E-state index contributed by atoms with van der Waals surface area (Å²) in [5.74, 6) is 0.390. The molecular weight excluding hydrogens is 370 g/mol. The Hall–Kier alpha value is -2.86. The van der Waals surface area contributed by atoms with E-state index in [1.807, 2.05) is 55.5 Å². The highest BCUT2D eigenvalue weighted by atomic mass is 32.2. The Balaban J connectivity index is 1.66. The lowest BCUT2D eigenvalue weighted by Gasteiger charge is -2.09. The number of anilines is 1. The fourth-order valence-electron chi connectivity index (χ4n) is 2.76. The Morgan fingerprint density at radius 1 is 1.18 bits per heavy atom. The van der Waals surface area contributed by atoms with Crippen molar-refractivity contribution in [2.45, 2.75) is 31.7 Å². The highest BCUT2D eigenvalue weighted by Gasteiger charge is 2.11. The molecule has 0 saturated heterocycles. The van der Waals surface area contributed by atoms with Crippen molar-refractivity contribution in [2.24, 2.45) is 0 Å². The monoisotopic (exact) mass is 393 g/mol.